The molecule has 0 spiro atoms. The number of nitrogens with zero attached hydrogens (tertiary/aromatic N) is 1. The summed E-state index contributed by atoms with van der Waals surface area (Å²) >= 11 is 0. The van der Waals surface area contributed by atoms with Gasteiger partial charge >= 0.3 is 0 Å². The van der Waals surface area contributed by atoms with E-state index in [9.17, 15) is 13.2 Å². The number of carbonyl (C=O) groups is 1. The Morgan fingerprint density at radius 2 is 1.63 bits per heavy atom. The van der Waals surface area contributed by atoms with E-state index < -0.39 is 10.0 Å². The number of hydrogen-bond acceptors (Lipinski definition) is 3. The standard InChI is InChI=1S/C21H26N2O3S/c1-14-11-16(3)20(17(4)12-14)22-21(24)18-7-8-19(15(2)13-18)23-9-5-6-10-27(23,25)26/h7-8,11-13H,5-6,9-10H2,1-4H3,(H,22,24). The van der Waals surface area contributed by atoms with Crippen LogP contribution < -0.4 is 9.62 Å². The van der Waals surface area contributed by atoms with E-state index in [0.717, 1.165) is 34.4 Å². The molecular formula is C21H26N2O3S. The van der Waals surface area contributed by atoms with Crippen molar-refractivity contribution in [1.82, 2.24) is 0 Å². The first kappa shape index (κ1) is 19.4. The maximum Gasteiger partial charge on any atom is 0.255 e. The summed E-state index contributed by atoms with van der Waals surface area (Å²) in [6.07, 6.45) is 1.56. The summed E-state index contributed by atoms with van der Waals surface area (Å²) in [4.78, 5) is 12.7. The van der Waals surface area contributed by atoms with Crippen molar-refractivity contribution in [1.29, 1.82) is 0 Å². The minimum Gasteiger partial charge on any atom is -0.322 e. The minimum atomic E-state index is -3.26. The van der Waals surface area contributed by atoms with E-state index >= 15 is 0 Å². The van der Waals surface area contributed by atoms with E-state index in [2.05, 4.69) is 5.32 Å². The van der Waals surface area contributed by atoms with Crippen LogP contribution in [-0.2, 0) is 10.0 Å². The van der Waals surface area contributed by atoms with Gasteiger partial charge in [-0.15, -0.1) is 0 Å². The zero-order valence-electron chi connectivity index (χ0n) is 16.3. The van der Waals surface area contributed by atoms with Crippen LogP contribution in [0.15, 0.2) is 30.3 Å². The third-order valence-electron chi connectivity index (χ3n) is 4.99. The Bertz CT molecular complexity index is 973. The molecule has 0 bridgehead atoms. The topological polar surface area (TPSA) is 66.5 Å². The maximum absolute atomic E-state index is 12.7. The Morgan fingerprint density at radius 1 is 0.963 bits per heavy atom. The summed E-state index contributed by atoms with van der Waals surface area (Å²) in [5.74, 6) is -0.0121. The first-order chi connectivity index (χ1) is 12.7. The van der Waals surface area contributed by atoms with E-state index in [1.165, 1.54) is 4.31 Å². The second-order valence-corrected chi connectivity index (χ2v) is 9.34. The molecule has 1 N–H and O–H groups in total. The van der Waals surface area contributed by atoms with E-state index in [1.54, 1.807) is 18.2 Å². The zero-order chi connectivity index (χ0) is 19.8. The molecule has 0 atom stereocenters. The summed E-state index contributed by atoms with van der Waals surface area (Å²) in [7, 11) is -3.26. The van der Waals surface area contributed by atoms with Gasteiger partial charge in [-0.3, -0.25) is 9.10 Å². The second kappa shape index (κ2) is 7.35. The fourth-order valence-electron chi connectivity index (χ4n) is 3.70. The summed E-state index contributed by atoms with van der Waals surface area (Å²) in [5, 5.41) is 2.99. The lowest BCUT2D eigenvalue weighted by molar-refractivity contribution is 0.102. The van der Waals surface area contributed by atoms with Crippen LogP contribution in [0.5, 0.6) is 0 Å². The molecule has 1 aliphatic rings. The van der Waals surface area contributed by atoms with E-state index in [0.29, 0.717) is 24.2 Å². The number of sulfonamides is 1. The number of rotatable bonds is 3. The Morgan fingerprint density at radius 3 is 2.22 bits per heavy atom. The van der Waals surface area contributed by atoms with Gasteiger partial charge in [-0.05, 0) is 75.4 Å². The molecule has 1 aliphatic heterocycles. The summed E-state index contributed by atoms with van der Waals surface area (Å²) in [6, 6.07) is 9.27. The SMILES string of the molecule is Cc1cc(C)c(NC(=O)c2ccc(N3CCCCS3(=O)=O)c(C)c2)c(C)c1. The Hall–Kier alpha value is -2.34. The van der Waals surface area contributed by atoms with Crippen molar-refractivity contribution in [3.63, 3.8) is 0 Å². The Kier molecular flexibility index (Phi) is 5.29. The highest BCUT2D eigenvalue weighted by Crippen LogP contribution is 2.28. The van der Waals surface area contributed by atoms with E-state index in [4.69, 9.17) is 0 Å². The number of aryl methyl sites for hydroxylation is 4. The largest absolute Gasteiger partial charge is 0.322 e. The van der Waals surface area contributed by atoms with Gasteiger partial charge in [-0.1, -0.05) is 17.7 Å². The molecule has 1 saturated heterocycles. The summed E-state index contributed by atoms with van der Waals surface area (Å²) in [6.45, 7) is 8.33. The van der Waals surface area contributed by atoms with Crippen molar-refractivity contribution in [2.75, 3.05) is 21.9 Å². The molecule has 0 radical (unpaired) electrons. The Labute approximate surface area is 161 Å². The number of nitrogens with one attached hydrogen (secondary N) is 1. The molecular weight excluding hydrogens is 360 g/mol. The zero-order valence-corrected chi connectivity index (χ0v) is 17.1. The summed E-state index contributed by atoms with van der Waals surface area (Å²) < 4.78 is 26.2. The van der Waals surface area contributed by atoms with Crippen LogP contribution in [0.4, 0.5) is 11.4 Å². The van der Waals surface area contributed by atoms with Crippen LogP contribution in [0.3, 0.4) is 0 Å². The highest BCUT2D eigenvalue weighted by atomic mass is 32.2. The lowest BCUT2D eigenvalue weighted by Crippen LogP contribution is -2.38. The van der Waals surface area contributed by atoms with E-state index in [-0.39, 0.29) is 11.7 Å². The van der Waals surface area contributed by atoms with Gasteiger partial charge in [0.05, 0.1) is 11.4 Å². The normalized spacial score (nSPS) is 16.2. The molecule has 3 rings (SSSR count). The molecule has 144 valence electrons. The van der Waals surface area contributed by atoms with Crippen molar-refractivity contribution in [3.05, 3.63) is 58.1 Å². The lowest BCUT2D eigenvalue weighted by Gasteiger charge is -2.29. The molecule has 5 nitrogen and oxygen atoms in total. The van der Waals surface area contributed by atoms with Gasteiger partial charge in [0.15, 0.2) is 0 Å². The fourth-order valence-corrected chi connectivity index (χ4v) is 5.40. The van der Waals surface area contributed by atoms with Crippen molar-refractivity contribution in [3.8, 4) is 0 Å². The highest BCUT2D eigenvalue weighted by molar-refractivity contribution is 7.92. The van der Waals surface area contributed by atoms with Crippen LogP contribution >= 0.6 is 0 Å². The van der Waals surface area contributed by atoms with E-state index in [1.807, 2.05) is 39.8 Å². The molecule has 6 heteroatoms. The van der Waals surface area contributed by atoms with Crippen LogP contribution in [0, 0.1) is 27.7 Å². The van der Waals surface area contributed by atoms with Crippen molar-refractivity contribution in [2.45, 2.75) is 40.5 Å². The lowest BCUT2D eigenvalue weighted by atomic mass is 10.0. The smallest absolute Gasteiger partial charge is 0.255 e. The third kappa shape index (κ3) is 4.00. The van der Waals surface area contributed by atoms with Crippen LogP contribution in [0.25, 0.3) is 0 Å². The first-order valence-electron chi connectivity index (χ1n) is 9.19. The van der Waals surface area contributed by atoms with Gasteiger partial charge in [0.1, 0.15) is 0 Å². The average Bonchev–Trinajstić information content (AvgIpc) is 2.58. The second-order valence-electron chi connectivity index (χ2n) is 7.32. The maximum atomic E-state index is 12.7. The number of amides is 1. The number of carbonyl (C=O) groups excluding carboxylic acids is 1. The molecule has 1 heterocycles. The van der Waals surface area contributed by atoms with Gasteiger partial charge in [-0.25, -0.2) is 8.42 Å². The molecule has 0 unspecified atom stereocenters. The van der Waals surface area contributed by atoms with Crippen LogP contribution in [0.1, 0.15) is 45.5 Å². The van der Waals surface area contributed by atoms with Crippen molar-refractivity contribution >= 4 is 27.3 Å². The highest BCUT2D eigenvalue weighted by Gasteiger charge is 2.27. The molecule has 27 heavy (non-hydrogen) atoms. The van der Waals surface area contributed by atoms with Crippen LogP contribution in [-0.4, -0.2) is 26.6 Å². The van der Waals surface area contributed by atoms with Gasteiger partial charge in [0.2, 0.25) is 10.0 Å². The molecule has 2 aromatic carbocycles. The Balaban J connectivity index is 1.86. The molecule has 1 fully saturated rings. The first-order valence-corrected chi connectivity index (χ1v) is 10.8. The van der Waals surface area contributed by atoms with Gasteiger partial charge in [0.25, 0.3) is 5.91 Å². The predicted molar refractivity (Wildman–Crippen MR) is 110 cm³/mol. The molecule has 0 saturated carbocycles. The third-order valence-corrected chi connectivity index (χ3v) is 6.85. The fraction of sp³-hybridized carbons (Fsp3) is 0.381. The van der Waals surface area contributed by atoms with Crippen LogP contribution in [0.2, 0.25) is 0 Å². The molecule has 2 aromatic rings. The predicted octanol–water partition coefficient (Wildman–Crippen LogP) is 4.10. The van der Waals surface area contributed by atoms with Gasteiger partial charge in [0, 0.05) is 17.8 Å². The van der Waals surface area contributed by atoms with Gasteiger partial charge in [-0.2, -0.15) is 0 Å². The monoisotopic (exact) mass is 386 g/mol. The average molecular weight is 387 g/mol. The van der Waals surface area contributed by atoms with Gasteiger partial charge < -0.3 is 5.32 Å². The molecule has 0 aliphatic carbocycles. The van der Waals surface area contributed by atoms with Crippen molar-refractivity contribution in [2.24, 2.45) is 0 Å². The number of hydrogen-bond donors (Lipinski definition) is 1. The molecule has 0 aromatic heterocycles. The molecule has 1 amide bonds. The summed E-state index contributed by atoms with van der Waals surface area (Å²) in [5.41, 5.74) is 5.99. The van der Waals surface area contributed by atoms with Crippen molar-refractivity contribution < 1.29 is 13.2 Å². The quantitative estimate of drug-likeness (QED) is 0.863. The number of benzene rings is 2. The number of anilines is 2. The minimum absolute atomic E-state index is 0.181.